The number of aliphatic hydroxyl groups excluding tert-OH is 1. The van der Waals surface area contributed by atoms with E-state index < -0.39 is 0 Å². The van der Waals surface area contributed by atoms with Crippen LogP contribution in [-0.4, -0.2) is 24.1 Å². The normalized spacial score (nSPS) is 10.4. The highest BCUT2D eigenvalue weighted by atomic mass is 16.5. The number of aliphatic hydroxyl groups is 1. The summed E-state index contributed by atoms with van der Waals surface area (Å²) in [5.74, 6) is 0.625. The number of ether oxygens (including phenoxy) is 1. The quantitative estimate of drug-likeness (QED) is 0.829. The highest BCUT2D eigenvalue weighted by Gasteiger charge is 2.11. The predicted molar refractivity (Wildman–Crippen MR) is 83.0 cm³/mol. The molecule has 0 radical (unpaired) electrons. The Kier molecular flexibility index (Phi) is 5.12. The summed E-state index contributed by atoms with van der Waals surface area (Å²) in [5, 5.41) is 9.04. The molecule has 2 aromatic carbocycles. The number of hydrogen-bond acceptors (Lipinski definition) is 3. The first-order valence-electron chi connectivity index (χ1n) is 7.04. The highest BCUT2D eigenvalue weighted by molar-refractivity contribution is 5.98. The number of Topliss-reactive ketones (excluding diaryl/α,β-unsaturated/α-hetero) is 1. The number of ketones is 1. The molecule has 2 rings (SSSR count). The summed E-state index contributed by atoms with van der Waals surface area (Å²) in [7, 11) is 0. The lowest BCUT2D eigenvalue weighted by Gasteiger charge is -2.11. The molecule has 0 saturated carbocycles. The minimum Gasteiger partial charge on any atom is -0.485 e. The molecular weight excluding hydrogens is 264 g/mol. The molecule has 0 aliphatic heterocycles. The minimum absolute atomic E-state index is 0.00668. The van der Waals surface area contributed by atoms with Crippen LogP contribution in [-0.2, 0) is 6.42 Å². The predicted octanol–water partition coefficient (Wildman–Crippen LogP) is 3.10. The first-order valence-corrected chi connectivity index (χ1v) is 7.04. The van der Waals surface area contributed by atoms with Crippen LogP contribution in [0, 0.1) is 13.8 Å². The van der Waals surface area contributed by atoms with E-state index in [0.717, 1.165) is 16.7 Å². The Morgan fingerprint density at radius 3 is 2.67 bits per heavy atom. The van der Waals surface area contributed by atoms with Crippen LogP contribution in [0.3, 0.4) is 0 Å². The molecule has 0 aliphatic carbocycles. The van der Waals surface area contributed by atoms with Crippen molar-refractivity contribution in [2.45, 2.75) is 20.3 Å². The first-order chi connectivity index (χ1) is 10.1. The fraction of sp³-hybridized carbons (Fsp3) is 0.278. The maximum atomic E-state index is 12.3. The average Bonchev–Trinajstić information content (AvgIpc) is 2.49. The van der Waals surface area contributed by atoms with Crippen LogP contribution < -0.4 is 4.74 Å². The molecule has 0 bridgehead atoms. The Balaban J connectivity index is 2.09. The van der Waals surface area contributed by atoms with Gasteiger partial charge in [0.05, 0.1) is 0 Å². The van der Waals surface area contributed by atoms with Crippen molar-refractivity contribution in [1.29, 1.82) is 0 Å². The topological polar surface area (TPSA) is 46.5 Å². The van der Waals surface area contributed by atoms with Gasteiger partial charge in [0.1, 0.15) is 5.75 Å². The number of carbonyl (C=O) groups excluding carboxylic acids is 1. The lowest BCUT2D eigenvalue weighted by Crippen LogP contribution is -2.14. The molecule has 21 heavy (non-hydrogen) atoms. The van der Waals surface area contributed by atoms with Crippen molar-refractivity contribution in [3.8, 4) is 5.75 Å². The Morgan fingerprint density at radius 2 is 1.90 bits per heavy atom. The van der Waals surface area contributed by atoms with Gasteiger partial charge in [-0.15, -0.1) is 0 Å². The van der Waals surface area contributed by atoms with Gasteiger partial charge in [0.25, 0.3) is 0 Å². The Hall–Kier alpha value is -2.13. The summed E-state index contributed by atoms with van der Waals surface area (Å²) in [6, 6.07) is 13.3. The van der Waals surface area contributed by atoms with Crippen LogP contribution in [0.25, 0.3) is 0 Å². The van der Waals surface area contributed by atoms with Gasteiger partial charge in [-0.3, -0.25) is 4.79 Å². The minimum atomic E-state index is -0.0324. The molecule has 110 valence electrons. The third kappa shape index (κ3) is 3.92. The molecule has 3 heteroatoms. The number of aryl methyl sites for hydroxylation is 2. The van der Waals surface area contributed by atoms with Crippen LogP contribution in [0.1, 0.15) is 27.0 Å². The second-order valence-corrected chi connectivity index (χ2v) is 5.11. The van der Waals surface area contributed by atoms with Crippen LogP contribution >= 0.6 is 0 Å². The summed E-state index contributed by atoms with van der Waals surface area (Å²) in [6.07, 6.45) is 0.522. The van der Waals surface area contributed by atoms with Gasteiger partial charge in [0.2, 0.25) is 0 Å². The zero-order chi connectivity index (χ0) is 15.2. The van der Waals surface area contributed by atoms with E-state index in [1.54, 1.807) is 0 Å². The number of hydrogen-bond donors (Lipinski definition) is 1. The summed E-state index contributed by atoms with van der Waals surface area (Å²) >= 11 is 0. The van der Waals surface area contributed by atoms with Crippen molar-refractivity contribution in [2.24, 2.45) is 0 Å². The van der Waals surface area contributed by atoms with E-state index >= 15 is 0 Å². The molecule has 0 fully saturated rings. The fourth-order valence-electron chi connectivity index (χ4n) is 2.23. The second-order valence-electron chi connectivity index (χ2n) is 5.11. The van der Waals surface area contributed by atoms with Crippen LogP contribution in [0.2, 0.25) is 0 Å². The Bertz CT molecular complexity index is 632. The molecule has 0 amide bonds. The van der Waals surface area contributed by atoms with Crippen molar-refractivity contribution in [1.82, 2.24) is 0 Å². The molecule has 0 heterocycles. The van der Waals surface area contributed by atoms with Gasteiger partial charge < -0.3 is 9.84 Å². The van der Waals surface area contributed by atoms with Crippen LogP contribution in [0.15, 0.2) is 42.5 Å². The maximum absolute atomic E-state index is 12.3. The zero-order valence-electron chi connectivity index (χ0n) is 12.4. The standard InChI is InChI=1S/C18H20O3/c1-13-7-8-14(2)16(11-13)17(20)12-21-18-6-4-3-5-15(18)9-10-19/h3-8,11,19H,9-10,12H2,1-2H3. The molecule has 2 aromatic rings. The SMILES string of the molecule is Cc1ccc(C)c(C(=O)COc2ccccc2CCO)c1. The van der Waals surface area contributed by atoms with Gasteiger partial charge in [-0.2, -0.15) is 0 Å². The van der Waals surface area contributed by atoms with E-state index in [0.29, 0.717) is 17.7 Å². The number of benzene rings is 2. The second kappa shape index (κ2) is 7.04. The van der Waals surface area contributed by atoms with Gasteiger partial charge in [-0.05, 0) is 43.5 Å². The molecule has 0 aliphatic rings. The van der Waals surface area contributed by atoms with Crippen molar-refractivity contribution in [2.75, 3.05) is 13.2 Å². The summed E-state index contributed by atoms with van der Waals surface area (Å²) < 4.78 is 5.64. The molecule has 3 nitrogen and oxygen atoms in total. The number of para-hydroxylation sites is 1. The van der Waals surface area contributed by atoms with Gasteiger partial charge in [0, 0.05) is 12.2 Å². The molecular formula is C18H20O3. The van der Waals surface area contributed by atoms with E-state index in [2.05, 4.69) is 0 Å². The van der Waals surface area contributed by atoms with E-state index in [-0.39, 0.29) is 19.0 Å². The summed E-state index contributed by atoms with van der Waals surface area (Å²) in [4.78, 5) is 12.3. The maximum Gasteiger partial charge on any atom is 0.200 e. The zero-order valence-corrected chi connectivity index (χ0v) is 12.4. The van der Waals surface area contributed by atoms with E-state index in [1.165, 1.54) is 0 Å². The molecule has 0 spiro atoms. The smallest absolute Gasteiger partial charge is 0.200 e. The summed E-state index contributed by atoms with van der Waals surface area (Å²) in [5.41, 5.74) is 3.63. The van der Waals surface area contributed by atoms with Crippen molar-refractivity contribution < 1.29 is 14.6 Å². The first kappa shape index (κ1) is 15.3. The Labute approximate surface area is 125 Å². The third-order valence-corrected chi connectivity index (χ3v) is 3.41. The average molecular weight is 284 g/mol. The largest absolute Gasteiger partial charge is 0.485 e. The van der Waals surface area contributed by atoms with Crippen molar-refractivity contribution in [3.63, 3.8) is 0 Å². The van der Waals surface area contributed by atoms with Crippen molar-refractivity contribution in [3.05, 3.63) is 64.7 Å². The van der Waals surface area contributed by atoms with Gasteiger partial charge >= 0.3 is 0 Å². The lowest BCUT2D eigenvalue weighted by molar-refractivity contribution is 0.0920. The van der Waals surface area contributed by atoms with E-state index in [4.69, 9.17) is 9.84 Å². The highest BCUT2D eigenvalue weighted by Crippen LogP contribution is 2.19. The molecule has 0 unspecified atom stereocenters. The van der Waals surface area contributed by atoms with Gasteiger partial charge in [-0.25, -0.2) is 0 Å². The van der Waals surface area contributed by atoms with E-state index in [9.17, 15) is 4.79 Å². The van der Waals surface area contributed by atoms with Crippen molar-refractivity contribution >= 4 is 5.78 Å². The lowest BCUT2D eigenvalue weighted by atomic mass is 10.0. The monoisotopic (exact) mass is 284 g/mol. The number of carbonyl (C=O) groups is 1. The molecule has 0 aromatic heterocycles. The van der Waals surface area contributed by atoms with Crippen LogP contribution in [0.5, 0.6) is 5.75 Å². The molecule has 0 atom stereocenters. The van der Waals surface area contributed by atoms with E-state index in [1.807, 2.05) is 56.3 Å². The number of rotatable bonds is 6. The summed E-state index contributed by atoms with van der Waals surface area (Å²) in [6.45, 7) is 3.96. The third-order valence-electron chi connectivity index (χ3n) is 3.41. The Morgan fingerprint density at radius 1 is 1.14 bits per heavy atom. The molecule has 0 saturated heterocycles. The van der Waals surface area contributed by atoms with Gasteiger partial charge in [0.15, 0.2) is 12.4 Å². The fourth-order valence-corrected chi connectivity index (χ4v) is 2.23. The molecule has 1 N–H and O–H groups in total. The van der Waals surface area contributed by atoms with Gasteiger partial charge in [-0.1, -0.05) is 35.9 Å². The van der Waals surface area contributed by atoms with Crippen LogP contribution in [0.4, 0.5) is 0 Å².